The topological polar surface area (TPSA) is 18.5 Å². The molecule has 1 aromatic heterocycles. The van der Waals surface area contributed by atoms with Gasteiger partial charge in [0.15, 0.2) is 0 Å². The fourth-order valence-corrected chi connectivity index (χ4v) is 3.67. The fourth-order valence-electron chi connectivity index (χ4n) is 2.92. The van der Waals surface area contributed by atoms with E-state index in [1.54, 1.807) is 0 Å². The van der Waals surface area contributed by atoms with E-state index in [0.29, 0.717) is 0 Å². The molecule has 2 aliphatic rings. The SMILES string of the molecule is c1csc(CN2CCC(N3CCNCC3)C2)c1. The molecular weight excluding hydrogens is 230 g/mol. The normalized spacial score (nSPS) is 27.6. The molecule has 3 rings (SSSR count). The molecule has 2 saturated heterocycles. The molecule has 1 atom stereocenters. The Kier molecular flexibility index (Phi) is 3.76. The maximum atomic E-state index is 3.43. The summed E-state index contributed by atoms with van der Waals surface area (Å²) in [5.74, 6) is 0. The van der Waals surface area contributed by atoms with Crippen molar-refractivity contribution in [3.8, 4) is 0 Å². The van der Waals surface area contributed by atoms with Gasteiger partial charge in [0.05, 0.1) is 0 Å². The molecule has 0 amide bonds. The van der Waals surface area contributed by atoms with Gasteiger partial charge in [0, 0.05) is 56.7 Å². The largest absolute Gasteiger partial charge is 0.314 e. The van der Waals surface area contributed by atoms with Gasteiger partial charge in [0.2, 0.25) is 0 Å². The fraction of sp³-hybridized carbons (Fsp3) is 0.692. The van der Waals surface area contributed by atoms with E-state index in [0.717, 1.165) is 12.6 Å². The molecule has 0 saturated carbocycles. The van der Waals surface area contributed by atoms with Gasteiger partial charge < -0.3 is 5.32 Å². The lowest BCUT2D eigenvalue weighted by Crippen LogP contribution is -2.49. The van der Waals surface area contributed by atoms with Crippen molar-refractivity contribution in [2.24, 2.45) is 0 Å². The maximum absolute atomic E-state index is 3.43. The highest BCUT2D eigenvalue weighted by Gasteiger charge is 2.28. The standard InChI is InChI=1S/C13H21N3S/c1-2-13(17-9-1)11-15-6-3-12(10-15)16-7-4-14-5-8-16/h1-2,9,12,14H,3-8,10-11H2. The van der Waals surface area contributed by atoms with Crippen LogP contribution in [0.25, 0.3) is 0 Å². The smallest absolute Gasteiger partial charge is 0.0328 e. The monoisotopic (exact) mass is 251 g/mol. The number of likely N-dealkylation sites (tertiary alicyclic amines) is 1. The predicted octanol–water partition coefficient (Wildman–Crippen LogP) is 1.23. The van der Waals surface area contributed by atoms with Gasteiger partial charge in [-0.05, 0) is 17.9 Å². The van der Waals surface area contributed by atoms with Gasteiger partial charge in [-0.3, -0.25) is 9.80 Å². The summed E-state index contributed by atoms with van der Waals surface area (Å²) < 4.78 is 0. The number of rotatable bonds is 3. The number of hydrogen-bond acceptors (Lipinski definition) is 4. The first-order valence-electron chi connectivity index (χ1n) is 6.61. The van der Waals surface area contributed by atoms with Crippen LogP contribution in [0.4, 0.5) is 0 Å². The molecule has 0 aliphatic carbocycles. The highest BCUT2D eigenvalue weighted by molar-refractivity contribution is 7.09. The van der Waals surface area contributed by atoms with Gasteiger partial charge in [-0.15, -0.1) is 11.3 Å². The average Bonchev–Trinajstić information content (AvgIpc) is 3.02. The minimum absolute atomic E-state index is 0.803. The Morgan fingerprint density at radius 1 is 1.29 bits per heavy atom. The van der Waals surface area contributed by atoms with Crippen molar-refractivity contribution < 1.29 is 0 Å². The Morgan fingerprint density at radius 2 is 2.18 bits per heavy atom. The van der Waals surface area contributed by atoms with Crippen molar-refractivity contribution in [1.82, 2.24) is 15.1 Å². The number of hydrogen-bond donors (Lipinski definition) is 1. The summed E-state index contributed by atoms with van der Waals surface area (Å²) in [4.78, 5) is 6.79. The van der Waals surface area contributed by atoms with E-state index in [2.05, 4.69) is 32.6 Å². The molecule has 1 unspecified atom stereocenters. The molecule has 2 aliphatic heterocycles. The molecule has 0 spiro atoms. The van der Waals surface area contributed by atoms with Gasteiger partial charge in [-0.2, -0.15) is 0 Å². The van der Waals surface area contributed by atoms with Gasteiger partial charge in [0.1, 0.15) is 0 Å². The second-order valence-electron chi connectivity index (χ2n) is 5.04. The first-order chi connectivity index (χ1) is 8.42. The summed E-state index contributed by atoms with van der Waals surface area (Å²) in [6.45, 7) is 8.49. The highest BCUT2D eigenvalue weighted by atomic mass is 32.1. The van der Waals surface area contributed by atoms with Crippen LogP contribution in [-0.4, -0.2) is 55.1 Å². The second kappa shape index (κ2) is 5.48. The van der Waals surface area contributed by atoms with Crippen LogP contribution in [0, 0.1) is 0 Å². The van der Waals surface area contributed by atoms with Crippen molar-refractivity contribution in [2.75, 3.05) is 39.3 Å². The van der Waals surface area contributed by atoms with Gasteiger partial charge in [0.25, 0.3) is 0 Å². The maximum Gasteiger partial charge on any atom is 0.0328 e. The van der Waals surface area contributed by atoms with Crippen molar-refractivity contribution in [3.63, 3.8) is 0 Å². The predicted molar refractivity (Wildman–Crippen MR) is 72.4 cm³/mol. The lowest BCUT2D eigenvalue weighted by Gasteiger charge is -2.32. The Labute approximate surface area is 107 Å². The van der Waals surface area contributed by atoms with Crippen molar-refractivity contribution in [2.45, 2.75) is 19.0 Å². The summed E-state index contributed by atoms with van der Waals surface area (Å²) in [5.41, 5.74) is 0. The minimum atomic E-state index is 0.803. The quantitative estimate of drug-likeness (QED) is 0.871. The third-order valence-corrected chi connectivity index (χ3v) is 4.74. The van der Waals surface area contributed by atoms with Crippen LogP contribution in [0.1, 0.15) is 11.3 Å². The van der Waals surface area contributed by atoms with Crippen LogP contribution in [0.3, 0.4) is 0 Å². The number of thiophene rings is 1. The molecular formula is C13H21N3S. The van der Waals surface area contributed by atoms with Crippen LogP contribution < -0.4 is 5.32 Å². The number of nitrogens with zero attached hydrogens (tertiary/aromatic N) is 2. The van der Waals surface area contributed by atoms with Gasteiger partial charge in [-0.25, -0.2) is 0 Å². The second-order valence-corrected chi connectivity index (χ2v) is 6.08. The van der Waals surface area contributed by atoms with E-state index >= 15 is 0 Å². The average molecular weight is 251 g/mol. The Morgan fingerprint density at radius 3 is 2.94 bits per heavy atom. The summed E-state index contributed by atoms with van der Waals surface area (Å²) >= 11 is 1.88. The zero-order valence-corrected chi connectivity index (χ0v) is 11.1. The molecule has 2 fully saturated rings. The minimum Gasteiger partial charge on any atom is -0.314 e. The zero-order chi connectivity index (χ0) is 11.5. The first kappa shape index (κ1) is 11.7. The van der Waals surface area contributed by atoms with Crippen molar-refractivity contribution in [3.05, 3.63) is 22.4 Å². The summed E-state index contributed by atoms with van der Waals surface area (Å²) in [5, 5.41) is 5.61. The van der Waals surface area contributed by atoms with E-state index in [1.165, 1.54) is 50.6 Å². The zero-order valence-electron chi connectivity index (χ0n) is 10.3. The van der Waals surface area contributed by atoms with E-state index in [-0.39, 0.29) is 0 Å². The molecule has 1 N–H and O–H groups in total. The summed E-state index contributed by atoms with van der Waals surface area (Å²) in [6, 6.07) is 5.21. The molecule has 17 heavy (non-hydrogen) atoms. The summed E-state index contributed by atoms with van der Waals surface area (Å²) in [6.07, 6.45) is 1.35. The molecule has 0 aromatic carbocycles. The third-order valence-electron chi connectivity index (χ3n) is 3.88. The van der Waals surface area contributed by atoms with Crippen molar-refractivity contribution >= 4 is 11.3 Å². The van der Waals surface area contributed by atoms with Gasteiger partial charge in [-0.1, -0.05) is 6.07 Å². The van der Waals surface area contributed by atoms with Crippen LogP contribution >= 0.6 is 11.3 Å². The van der Waals surface area contributed by atoms with E-state index < -0.39 is 0 Å². The Hall–Kier alpha value is -0.420. The van der Waals surface area contributed by atoms with E-state index in [1.807, 2.05) is 11.3 Å². The number of nitrogens with one attached hydrogen (secondary N) is 1. The Balaban J connectivity index is 1.51. The van der Waals surface area contributed by atoms with Gasteiger partial charge >= 0.3 is 0 Å². The lowest BCUT2D eigenvalue weighted by atomic mass is 10.2. The molecule has 0 bridgehead atoms. The number of piperazine rings is 1. The molecule has 0 radical (unpaired) electrons. The molecule has 4 heteroatoms. The lowest BCUT2D eigenvalue weighted by molar-refractivity contribution is 0.170. The summed E-state index contributed by atoms with van der Waals surface area (Å²) in [7, 11) is 0. The third kappa shape index (κ3) is 2.88. The molecule has 3 nitrogen and oxygen atoms in total. The first-order valence-corrected chi connectivity index (χ1v) is 7.49. The van der Waals surface area contributed by atoms with E-state index in [4.69, 9.17) is 0 Å². The van der Waals surface area contributed by atoms with Crippen LogP contribution in [0.2, 0.25) is 0 Å². The Bertz CT molecular complexity index is 332. The van der Waals surface area contributed by atoms with Crippen molar-refractivity contribution in [1.29, 1.82) is 0 Å². The van der Waals surface area contributed by atoms with Crippen LogP contribution in [0.5, 0.6) is 0 Å². The van der Waals surface area contributed by atoms with E-state index in [9.17, 15) is 0 Å². The molecule has 1 aromatic rings. The molecule has 3 heterocycles. The van der Waals surface area contributed by atoms with Crippen LogP contribution in [0.15, 0.2) is 17.5 Å². The highest BCUT2D eigenvalue weighted by Crippen LogP contribution is 2.20. The van der Waals surface area contributed by atoms with Crippen LogP contribution in [-0.2, 0) is 6.54 Å². The molecule has 94 valence electrons.